The number of nitrogens with zero attached hydrogens (tertiary/aromatic N) is 3. The number of carbonyl (C=O) groups excluding carboxylic acids is 1. The van der Waals surface area contributed by atoms with E-state index in [-0.39, 0.29) is 5.91 Å². The Bertz CT molecular complexity index is 782. The van der Waals surface area contributed by atoms with Gasteiger partial charge in [-0.3, -0.25) is 9.69 Å². The van der Waals surface area contributed by atoms with Crippen molar-refractivity contribution < 1.29 is 9.21 Å². The molecule has 0 radical (unpaired) electrons. The zero-order valence-corrected chi connectivity index (χ0v) is 17.1. The number of hydrogen-bond acceptors (Lipinski definition) is 4. The molecular formula is C23H31N3O2. The molecule has 5 heteroatoms. The molecule has 1 saturated carbocycles. The first-order chi connectivity index (χ1) is 13.6. The maximum atomic E-state index is 12.9. The van der Waals surface area contributed by atoms with Crippen LogP contribution in [-0.2, 0) is 0 Å². The van der Waals surface area contributed by atoms with E-state index >= 15 is 0 Å². The van der Waals surface area contributed by atoms with Crippen molar-refractivity contribution in [1.82, 2.24) is 9.80 Å². The normalized spacial score (nSPS) is 19.0. The van der Waals surface area contributed by atoms with Crippen LogP contribution in [0, 0.1) is 0 Å². The molecule has 0 N–H and O–H groups in total. The van der Waals surface area contributed by atoms with Crippen LogP contribution in [0.15, 0.2) is 40.8 Å². The predicted octanol–water partition coefficient (Wildman–Crippen LogP) is 4.10. The van der Waals surface area contributed by atoms with Crippen LogP contribution >= 0.6 is 0 Å². The predicted molar refractivity (Wildman–Crippen MR) is 113 cm³/mol. The van der Waals surface area contributed by atoms with Crippen molar-refractivity contribution in [2.75, 3.05) is 45.2 Å². The SMILES string of the molecule is CN(C)c1ccc(-c2ccc(C(=O)N3CCN(C4CCCCC4)CC3)o2)cc1. The molecule has 1 saturated heterocycles. The Kier molecular flexibility index (Phi) is 5.72. The maximum absolute atomic E-state index is 12.9. The number of carbonyl (C=O) groups is 1. The summed E-state index contributed by atoms with van der Waals surface area (Å²) in [5.74, 6) is 1.20. The first kappa shape index (κ1) is 19.1. The highest BCUT2D eigenvalue weighted by molar-refractivity contribution is 5.92. The highest BCUT2D eigenvalue weighted by Gasteiger charge is 2.28. The Hall–Kier alpha value is -2.27. The van der Waals surface area contributed by atoms with E-state index in [1.54, 1.807) is 0 Å². The summed E-state index contributed by atoms with van der Waals surface area (Å²) in [5, 5.41) is 0. The van der Waals surface area contributed by atoms with Gasteiger partial charge >= 0.3 is 0 Å². The van der Waals surface area contributed by atoms with Gasteiger partial charge in [-0.2, -0.15) is 0 Å². The summed E-state index contributed by atoms with van der Waals surface area (Å²) >= 11 is 0. The van der Waals surface area contributed by atoms with Crippen molar-refractivity contribution in [3.05, 3.63) is 42.2 Å². The molecule has 2 fully saturated rings. The first-order valence-corrected chi connectivity index (χ1v) is 10.5. The number of hydrogen-bond donors (Lipinski definition) is 0. The lowest BCUT2D eigenvalue weighted by atomic mass is 9.94. The van der Waals surface area contributed by atoms with Crippen LogP contribution in [-0.4, -0.2) is 62.0 Å². The molecule has 5 nitrogen and oxygen atoms in total. The third-order valence-corrected chi connectivity index (χ3v) is 6.18. The molecule has 0 spiro atoms. The van der Waals surface area contributed by atoms with Crippen molar-refractivity contribution in [3.63, 3.8) is 0 Å². The lowest BCUT2D eigenvalue weighted by Gasteiger charge is -2.40. The molecule has 28 heavy (non-hydrogen) atoms. The van der Waals surface area contributed by atoms with E-state index in [1.807, 2.05) is 43.3 Å². The third kappa shape index (κ3) is 4.09. The van der Waals surface area contributed by atoms with Crippen LogP contribution in [0.1, 0.15) is 42.7 Å². The highest BCUT2D eigenvalue weighted by Crippen LogP contribution is 2.26. The molecule has 0 unspecified atom stereocenters. The molecule has 150 valence electrons. The Morgan fingerprint density at radius 3 is 2.25 bits per heavy atom. The zero-order chi connectivity index (χ0) is 19.5. The molecule has 2 aliphatic rings. The van der Waals surface area contributed by atoms with Gasteiger partial charge in [0.2, 0.25) is 0 Å². The van der Waals surface area contributed by atoms with Crippen molar-refractivity contribution in [2.24, 2.45) is 0 Å². The van der Waals surface area contributed by atoms with Crippen molar-refractivity contribution in [2.45, 2.75) is 38.1 Å². The lowest BCUT2D eigenvalue weighted by Crippen LogP contribution is -2.52. The summed E-state index contributed by atoms with van der Waals surface area (Å²) in [4.78, 5) is 19.5. The second-order valence-electron chi connectivity index (χ2n) is 8.23. The molecule has 1 aromatic carbocycles. The molecule has 1 aliphatic carbocycles. The number of rotatable bonds is 4. The Morgan fingerprint density at radius 1 is 0.929 bits per heavy atom. The van der Waals surface area contributed by atoms with E-state index in [4.69, 9.17) is 4.42 Å². The van der Waals surface area contributed by atoms with Gasteiger partial charge < -0.3 is 14.2 Å². The van der Waals surface area contributed by atoms with Gasteiger partial charge in [-0.1, -0.05) is 19.3 Å². The van der Waals surface area contributed by atoms with E-state index in [1.165, 1.54) is 32.1 Å². The summed E-state index contributed by atoms with van der Waals surface area (Å²) in [5.41, 5.74) is 2.13. The standard InChI is InChI=1S/C23H31N3O2/c1-24(2)19-10-8-18(9-11-19)21-12-13-22(28-21)23(27)26-16-14-25(15-17-26)20-6-4-3-5-7-20/h8-13,20H,3-7,14-17H2,1-2H3. The molecule has 0 atom stereocenters. The van der Waals surface area contributed by atoms with Crippen LogP contribution in [0.4, 0.5) is 5.69 Å². The summed E-state index contributed by atoms with van der Waals surface area (Å²) in [7, 11) is 4.04. The lowest BCUT2D eigenvalue weighted by molar-refractivity contribution is 0.0498. The highest BCUT2D eigenvalue weighted by atomic mass is 16.4. The summed E-state index contributed by atoms with van der Waals surface area (Å²) in [6, 6.07) is 12.6. The van der Waals surface area contributed by atoms with Gasteiger partial charge in [-0.25, -0.2) is 0 Å². The largest absolute Gasteiger partial charge is 0.451 e. The monoisotopic (exact) mass is 381 g/mol. The van der Waals surface area contributed by atoms with E-state index in [0.717, 1.165) is 49.2 Å². The molecule has 0 bridgehead atoms. The van der Waals surface area contributed by atoms with Crippen LogP contribution in [0.25, 0.3) is 11.3 Å². The molecule has 1 aliphatic heterocycles. The van der Waals surface area contributed by atoms with Crippen LogP contribution < -0.4 is 4.90 Å². The number of benzene rings is 1. The minimum Gasteiger partial charge on any atom is -0.451 e. The molecule has 1 aromatic heterocycles. The quantitative estimate of drug-likeness (QED) is 0.799. The molecule has 2 heterocycles. The third-order valence-electron chi connectivity index (χ3n) is 6.18. The smallest absolute Gasteiger partial charge is 0.289 e. The second-order valence-corrected chi connectivity index (χ2v) is 8.23. The fourth-order valence-corrected chi connectivity index (χ4v) is 4.42. The van der Waals surface area contributed by atoms with Crippen molar-refractivity contribution >= 4 is 11.6 Å². The fraction of sp³-hybridized carbons (Fsp3) is 0.522. The first-order valence-electron chi connectivity index (χ1n) is 10.5. The van der Waals surface area contributed by atoms with Gasteiger partial charge in [0, 0.05) is 57.6 Å². The summed E-state index contributed by atoms with van der Waals surface area (Å²) in [6.45, 7) is 3.55. The van der Waals surface area contributed by atoms with Crippen LogP contribution in [0.5, 0.6) is 0 Å². The zero-order valence-electron chi connectivity index (χ0n) is 17.1. The van der Waals surface area contributed by atoms with Gasteiger partial charge in [-0.05, 0) is 49.2 Å². The number of amides is 1. The van der Waals surface area contributed by atoms with Crippen LogP contribution in [0.2, 0.25) is 0 Å². The number of piperazine rings is 1. The van der Waals surface area contributed by atoms with E-state index in [0.29, 0.717) is 5.76 Å². The molecular weight excluding hydrogens is 350 g/mol. The Morgan fingerprint density at radius 2 is 1.61 bits per heavy atom. The average Bonchev–Trinajstić information content (AvgIpc) is 3.24. The van der Waals surface area contributed by atoms with E-state index < -0.39 is 0 Å². The molecule has 2 aromatic rings. The summed E-state index contributed by atoms with van der Waals surface area (Å²) in [6.07, 6.45) is 6.74. The molecule has 4 rings (SSSR count). The topological polar surface area (TPSA) is 39.9 Å². The summed E-state index contributed by atoms with van der Waals surface area (Å²) < 4.78 is 5.91. The Balaban J connectivity index is 1.37. The molecule has 1 amide bonds. The second kappa shape index (κ2) is 8.39. The minimum absolute atomic E-state index is 0.0134. The van der Waals surface area contributed by atoms with E-state index in [2.05, 4.69) is 21.9 Å². The average molecular weight is 382 g/mol. The van der Waals surface area contributed by atoms with Crippen molar-refractivity contribution in [1.29, 1.82) is 0 Å². The van der Waals surface area contributed by atoms with Gasteiger partial charge in [0.25, 0.3) is 5.91 Å². The minimum atomic E-state index is 0.0134. The number of furan rings is 1. The van der Waals surface area contributed by atoms with Gasteiger partial charge in [0.05, 0.1) is 0 Å². The fourth-order valence-electron chi connectivity index (χ4n) is 4.42. The van der Waals surface area contributed by atoms with Crippen LogP contribution in [0.3, 0.4) is 0 Å². The van der Waals surface area contributed by atoms with Gasteiger partial charge in [0.15, 0.2) is 5.76 Å². The van der Waals surface area contributed by atoms with Crippen molar-refractivity contribution in [3.8, 4) is 11.3 Å². The van der Waals surface area contributed by atoms with Gasteiger partial charge in [-0.15, -0.1) is 0 Å². The Labute approximate surface area is 167 Å². The van der Waals surface area contributed by atoms with Gasteiger partial charge in [0.1, 0.15) is 5.76 Å². The number of anilines is 1. The maximum Gasteiger partial charge on any atom is 0.289 e. The van der Waals surface area contributed by atoms with E-state index in [9.17, 15) is 4.79 Å².